The molecule has 0 atom stereocenters. The number of ether oxygens (including phenoxy) is 1. The molecule has 1 aliphatic rings. The average Bonchev–Trinajstić information content (AvgIpc) is 2.54. The number of nitrogens with zero attached hydrogens (tertiary/aromatic N) is 1. The fraction of sp³-hybridized carbons (Fsp3) is 0.588. The summed E-state index contributed by atoms with van der Waals surface area (Å²) < 4.78 is 5.38. The van der Waals surface area contributed by atoms with Gasteiger partial charge in [-0.2, -0.15) is 0 Å². The molecule has 21 heavy (non-hydrogen) atoms. The molecule has 1 N–H and O–H groups in total. The molecule has 4 nitrogen and oxygen atoms in total. The Labute approximate surface area is 127 Å². The zero-order valence-electron chi connectivity index (χ0n) is 12.9. The summed E-state index contributed by atoms with van der Waals surface area (Å²) in [7, 11) is 0. The van der Waals surface area contributed by atoms with Crippen LogP contribution in [0.25, 0.3) is 0 Å². The fourth-order valence-corrected chi connectivity index (χ4v) is 2.70. The maximum Gasteiger partial charge on any atom is 0.410 e. The highest BCUT2D eigenvalue weighted by molar-refractivity contribution is 5.67. The minimum atomic E-state index is -0.177. The second kappa shape index (κ2) is 8.67. The van der Waals surface area contributed by atoms with Gasteiger partial charge in [0.15, 0.2) is 0 Å². The zero-order valence-corrected chi connectivity index (χ0v) is 12.9. The molecule has 1 saturated heterocycles. The van der Waals surface area contributed by atoms with Crippen molar-refractivity contribution in [3.05, 3.63) is 35.9 Å². The van der Waals surface area contributed by atoms with Crippen molar-refractivity contribution in [2.45, 2.75) is 32.8 Å². The molecule has 0 spiro atoms. The summed E-state index contributed by atoms with van der Waals surface area (Å²) in [6, 6.07) is 9.82. The maximum atomic E-state index is 12.0. The van der Waals surface area contributed by atoms with Crippen LogP contribution in [0.3, 0.4) is 0 Å². The van der Waals surface area contributed by atoms with Crippen LogP contribution in [0, 0.1) is 5.92 Å². The van der Waals surface area contributed by atoms with Crippen molar-refractivity contribution < 1.29 is 9.53 Å². The number of carbonyl (C=O) groups excluding carboxylic acids is 1. The van der Waals surface area contributed by atoms with E-state index >= 15 is 0 Å². The molecule has 1 aromatic carbocycles. The lowest BCUT2D eigenvalue weighted by molar-refractivity contribution is 0.0816. The van der Waals surface area contributed by atoms with Gasteiger partial charge in [-0.05, 0) is 43.8 Å². The molecule has 1 aromatic rings. The van der Waals surface area contributed by atoms with Crippen LogP contribution < -0.4 is 5.32 Å². The Hall–Kier alpha value is -1.55. The molecule has 0 aliphatic carbocycles. The van der Waals surface area contributed by atoms with E-state index in [9.17, 15) is 4.79 Å². The van der Waals surface area contributed by atoms with Crippen molar-refractivity contribution in [1.29, 1.82) is 0 Å². The normalized spacial score (nSPS) is 16.0. The van der Waals surface area contributed by atoms with Gasteiger partial charge >= 0.3 is 6.09 Å². The van der Waals surface area contributed by atoms with Crippen LogP contribution in [0.4, 0.5) is 4.79 Å². The van der Waals surface area contributed by atoms with Crippen molar-refractivity contribution in [1.82, 2.24) is 10.2 Å². The van der Waals surface area contributed by atoms with Crippen molar-refractivity contribution in [3.8, 4) is 0 Å². The number of amides is 1. The molecule has 1 heterocycles. The molecule has 0 bridgehead atoms. The lowest BCUT2D eigenvalue weighted by Gasteiger charge is -2.31. The van der Waals surface area contributed by atoms with Gasteiger partial charge < -0.3 is 15.0 Å². The smallest absolute Gasteiger partial charge is 0.410 e. The number of benzene rings is 1. The second-order valence-electron chi connectivity index (χ2n) is 5.61. The van der Waals surface area contributed by atoms with Crippen LogP contribution in [-0.4, -0.2) is 37.2 Å². The van der Waals surface area contributed by atoms with E-state index in [0.717, 1.165) is 50.5 Å². The highest BCUT2D eigenvalue weighted by Gasteiger charge is 2.23. The largest absolute Gasteiger partial charge is 0.445 e. The lowest BCUT2D eigenvalue weighted by Crippen LogP contribution is -2.39. The number of carbonyl (C=O) groups is 1. The van der Waals surface area contributed by atoms with Gasteiger partial charge in [-0.15, -0.1) is 0 Å². The molecule has 4 heteroatoms. The molecule has 2 rings (SSSR count). The van der Waals surface area contributed by atoms with Gasteiger partial charge in [-0.3, -0.25) is 0 Å². The minimum Gasteiger partial charge on any atom is -0.445 e. The molecule has 0 aromatic heterocycles. The molecular weight excluding hydrogens is 264 g/mol. The first-order valence-corrected chi connectivity index (χ1v) is 7.96. The van der Waals surface area contributed by atoms with Crippen molar-refractivity contribution in [2.75, 3.05) is 26.2 Å². The first-order chi connectivity index (χ1) is 10.3. The number of hydrogen-bond donors (Lipinski definition) is 1. The van der Waals surface area contributed by atoms with Crippen LogP contribution in [0.2, 0.25) is 0 Å². The van der Waals surface area contributed by atoms with Crippen LogP contribution in [0.15, 0.2) is 30.3 Å². The van der Waals surface area contributed by atoms with Crippen LogP contribution >= 0.6 is 0 Å². The monoisotopic (exact) mass is 290 g/mol. The van der Waals surface area contributed by atoms with Crippen molar-refractivity contribution >= 4 is 6.09 Å². The molecule has 0 unspecified atom stereocenters. The number of piperidine rings is 1. The van der Waals surface area contributed by atoms with E-state index in [2.05, 4.69) is 12.2 Å². The third kappa shape index (κ3) is 5.38. The summed E-state index contributed by atoms with van der Waals surface area (Å²) in [6.45, 7) is 6.25. The summed E-state index contributed by atoms with van der Waals surface area (Å²) in [5.41, 5.74) is 1.03. The number of rotatable bonds is 6. The van der Waals surface area contributed by atoms with Crippen molar-refractivity contribution in [3.63, 3.8) is 0 Å². The van der Waals surface area contributed by atoms with Crippen LogP contribution in [-0.2, 0) is 11.3 Å². The third-order valence-electron chi connectivity index (χ3n) is 4.06. The number of hydrogen-bond acceptors (Lipinski definition) is 3. The van der Waals surface area contributed by atoms with Gasteiger partial charge in [0.2, 0.25) is 0 Å². The molecule has 0 radical (unpaired) electrons. The lowest BCUT2D eigenvalue weighted by atomic mass is 9.94. The van der Waals surface area contributed by atoms with E-state index in [0.29, 0.717) is 6.61 Å². The zero-order chi connectivity index (χ0) is 14.9. The van der Waals surface area contributed by atoms with Gasteiger partial charge in [0.25, 0.3) is 0 Å². The van der Waals surface area contributed by atoms with E-state index < -0.39 is 0 Å². The van der Waals surface area contributed by atoms with Crippen molar-refractivity contribution in [2.24, 2.45) is 5.92 Å². The van der Waals surface area contributed by atoms with Gasteiger partial charge in [-0.25, -0.2) is 4.79 Å². The third-order valence-corrected chi connectivity index (χ3v) is 4.06. The van der Waals surface area contributed by atoms with Gasteiger partial charge in [0, 0.05) is 13.1 Å². The van der Waals surface area contributed by atoms with E-state index in [1.54, 1.807) is 0 Å². The Balaban J connectivity index is 1.66. The summed E-state index contributed by atoms with van der Waals surface area (Å²) in [5, 5.41) is 3.36. The average molecular weight is 290 g/mol. The number of likely N-dealkylation sites (tertiary alicyclic amines) is 1. The topological polar surface area (TPSA) is 41.6 Å². The van der Waals surface area contributed by atoms with Crippen LogP contribution in [0.5, 0.6) is 0 Å². The van der Waals surface area contributed by atoms with E-state index in [1.807, 2.05) is 35.2 Å². The summed E-state index contributed by atoms with van der Waals surface area (Å²) in [5.74, 6) is 0.738. The van der Waals surface area contributed by atoms with E-state index in [-0.39, 0.29) is 6.09 Å². The quantitative estimate of drug-likeness (QED) is 0.819. The standard InChI is InChI=1S/C17H26N2O2/c1-2-18-11-8-15-9-12-19(13-10-15)17(20)21-14-16-6-4-3-5-7-16/h3-7,15,18H,2,8-14H2,1H3. The number of nitrogens with one attached hydrogen (secondary N) is 1. The Morgan fingerprint density at radius 1 is 1.29 bits per heavy atom. The Morgan fingerprint density at radius 2 is 2.00 bits per heavy atom. The van der Waals surface area contributed by atoms with E-state index in [1.165, 1.54) is 6.42 Å². The van der Waals surface area contributed by atoms with Gasteiger partial charge in [-0.1, -0.05) is 37.3 Å². The first-order valence-electron chi connectivity index (χ1n) is 7.96. The molecule has 0 saturated carbocycles. The SMILES string of the molecule is CCNCCC1CCN(C(=O)OCc2ccccc2)CC1. The fourth-order valence-electron chi connectivity index (χ4n) is 2.70. The highest BCUT2D eigenvalue weighted by Crippen LogP contribution is 2.20. The molecule has 1 amide bonds. The predicted octanol–water partition coefficient (Wildman–Crippen LogP) is 3.03. The Morgan fingerprint density at radius 3 is 2.67 bits per heavy atom. The van der Waals surface area contributed by atoms with Gasteiger partial charge in [0.05, 0.1) is 0 Å². The summed E-state index contributed by atoms with van der Waals surface area (Å²) in [6.07, 6.45) is 3.21. The maximum absolute atomic E-state index is 12.0. The second-order valence-corrected chi connectivity index (χ2v) is 5.61. The summed E-state index contributed by atoms with van der Waals surface area (Å²) in [4.78, 5) is 13.9. The van der Waals surface area contributed by atoms with E-state index in [4.69, 9.17) is 4.74 Å². The summed E-state index contributed by atoms with van der Waals surface area (Å²) >= 11 is 0. The minimum absolute atomic E-state index is 0.177. The molecule has 116 valence electrons. The Kier molecular flexibility index (Phi) is 6.54. The Bertz CT molecular complexity index is 414. The molecule has 1 aliphatic heterocycles. The molecular formula is C17H26N2O2. The highest BCUT2D eigenvalue weighted by atomic mass is 16.6. The predicted molar refractivity (Wildman–Crippen MR) is 84.1 cm³/mol. The first kappa shape index (κ1) is 15.8. The van der Waals surface area contributed by atoms with Gasteiger partial charge in [0.1, 0.15) is 6.61 Å². The molecule has 1 fully saturated rings. The van der Waals surface area contributed by atoms with Crippen LogP contribution in [0.1, 0.15) is 31.7 Å².